The average Bonchev–Trinajstić information content (AvgIpc) is 3.07. The van der Waals surface area contributed by atoms with E-state index in [0.29, 0.717) is 5.92 Å². The fourth-order valence-electron chi connectivity index (χ4n) is 1.89. The number of aryl methyl sites for hydroxylation is 2. The highest BCUT2D eigenvalue weighted by atomic mass is 32.1. The Morgan fingerprint density at radius 1 is 1.31 bits per heavy atom. The van der Waals surface area contributed by atoms with E-state index in [4.69, 9.17) is 5.84 Å². The monoisotopic (exact) mass is 234 g/mol. The van der Waals surface area contributed by atoms with E-state index in [1.807, 2.05) is 0 Å². The number of nitrogens with zero attached hydrogens (tertiary/aromatic N) is 2. The lowest BCUT2D eigenvalue weighted by molar-refractivity contribution is 0.949. The average molecular weight is 234 g/mol. The number of nitrogens with one attached hydrogen (secondary N) is 1. The maximum absolute atomic E-state index is 5.55. The van der Waals surface area contributed by atoms with Crippen molar-refractivity contribution in [2.45, 2.75) is 32.6 Å². The third kappa shape index (κ3) is 1.39. The van der Waals surface area contributed by atoms with Crippen LogP contribution in [0.25, 0.3) is 10.2 Å². The predicted octanol–water partition coefficient (Wildman–Crippen LogP) is 2.47. The summed E-state index contributed by atoms with van der Waals surface area (Å²) in [6, 6.07) is 0. The molecule has 1 fully saturated rings. The van der Waals surface area contributed by atoms with Crippen LogP contribution in [0.5, 0.6) is 0 Å². The number of anilines is 1. The van der Waals surface area contributed by atoms with Crippen LogP contribution in [-0.4, -0.2) is 9.97 Å². The highest BCUT2D eigenvalue weighted by Gasteiger charge is 2.28. The van der Waals surface area contributed by atoms with Crippen molar-refractivity contribution in [2.24, 2.45) is 5.84 Å². The zero-order valence-electron chi connectivity index (χ0n) is 9.37. The number of rotatable bonds is 2. The van der Waals surface area contributed by atoms with Gasteiger partial charge in [0.15, 0.2) is 5.82 Å². The molecule has 3 rings (SSSR count). The Hall–Kier alpha value is -1.20. The molecule has 1 aliphatic carbocycles. The lowest BCUT2D eigenvalue weighted by Crippen LogP contribution is -2.10. The number of fused-ring (bicyclic) bond motifs is 1. The van der Waals surface area contributed by atoms with Gasteiger partial charge in [0.25, 0.3) is 0 Å². The standard InChI is InChI=1S/C11H14N4S/c1-5-6(2)16-11-8(5)10(15-12)13-9(14-11)7-3-4-7/h7H,3-4,12H2,1-2H3,(H,13,14,15). The highest BCUT2D eigenvalue weighted by Crippen LogP contribution is 2.41. The molecule has 0 saturated heterocycles. The number of nitrogens with two attached hydrogens (primary N) is 1. The fourth-order valence-corrected chi connectivity index (χ4v) is 2.93. The lowest BCUT2D eigenvalue weighted by Gasteiger charge is -2.04. The van der Waals surface area contributed by atoms with Gasteiger partial charge in [-0.1, -0.05) is 0 Å². The van der Waals surface area contributed by atoms with Crippen LogP contribution in [0.4, 0.5) is 5.82 Å². The highest BCUT2D eigenvalue weighted by molar-refractivity contribution is 7.18. The Morgan fingerprint density at radius 2 is 2.06 bits per heavy atom. The van der Waals surface area contributed by atoms with E-state index >= 15 is 0 Å². The molecule has 1 saturated carbocycles. The molecule has 0 atom stereocenters. The molecule has 1 aliphatic rings. The van der Waals surface area contributed by atoms with Gasteiger partial charge in [-0.15, -0.1) is 11.3 Å². The second kappa shape index (κ2) is 3.40. The van der Waals surface area contributed by atoms with E-state index in [1.165, 1.54) is 23.3 Å². The Labute approximate surface area is 97.9 Å². The largest absolute Gasteiger partial charge is 0.308 e. The predicted molar refractivity (Wildman–Crippen MR) is 66.7 cm³/mol. The molecule has 16 heavy (non-hydrogen) atoms. The molecule has 0 aromatic carbocycles. The Kier molecular flexibility index (Phi) is 2.12. The van der Waals surface area contributed by atoms with Gasteiger partial charge in [0.05, 0.1) is 5.39 Å². The van der Waals surface area contributed by atoms with E-state index in [2.05, 4.69) is 29.2 Å². The maximum Gasteiger partial charge on any atom is 0.152 e. The first-order valence-corrected chi connectivity index (χ1v) is 6.26. The third-order valence-corrected chi connectivity index (χ3v) is 4.23. The Morgan fingerprint density at radius 3 is 2.69 bits per heavy atom. The van der Waals surface area contributed by atoms with E-state index < -0.39 is 0 Å². The normalized spacial score (nSPS) is 15.7. The number of hydrogen-bond donors (Lipinski definition) is 2. The van der Waals surface area contributed by atoms with Crippen LogP contribution < -0.4 is 11.3 Å². The van der Waals surface area contributed by atoms with Crippen molar-refractivity contribution in [2.75, 3.05) is 5.43 Å². The number of aromatic nitrogens is 2. The van der Waals surface area contributed by atoms with E-state index in [0.717, 1.165) is 21.9 Å². The quantitative estimate of drug-likeness (QED) is 0.619. The zero-order chi connectivity index (χ0) is 11.3. The summed E-state index contributed by atoms with van der Waals surface area (Å²) in [5.74, 6) is 7.82. The smallest absolute Gasteiger partial charge is 0.152 e. The van der Waals surface area contributed by atoms with Gasteiger partial charge in [-0.2, -0.15) is 0 Å². The molecule has 2 heterocycles. The van der Waals surface area contributed by atoms with Gasteiger partial charge >= 0.3 is 0 Å². The maximum atomic E-state index is 5.55. The van der Waals surface area contributed by atoms with Crippen LogP contribution in [0.15, 0.2) is 0 Å². The topological polar surface area (TPSA) is 63.8 Å². The second-order valence-corrected chi connectivity index (χ2v) is 5.52. The van der Waals surface area contributed by atoms with Gasteiger partial charge in [0, 0.05) is 10.8 Å². The third-order valence-electron chi connectivity index (χ3n) is 3.13. The molecule has 0 unspecified atom stereocenters. The molecule has 0 aliphatic heterocycles. The summed E-state index contributed by atoms with van der Waals surface area (Å²) in [7, 11) is 0. The van der Waals surface area contributed by atoms with Gasteiger partial charge < -0.3 is 5.43 Å². The zero-order valence-corrected chi connectivity index (χ0v) is 10.2. The van der Waals surface area contributed by atoms with Gasteiger partial charge in [0.2, 0.25) is 0 Å². The van der Waals surface area contributed by atoms with Crippen molar-refractivity contribution in [3.05, 3.63) is 16.3 Å². The van der Waals surface area contributed by atoms with Crippen molar-refractivity contribution in [1.29, 1.82) is 0 Å². The first-order valence-electron chi connectivity index (χ1n) is 5.45. The molecule has 84 valence electrons. The molecule has 0 radical (unpaired) electrons. The number of nitrogen functional groups attached to an aromatic ring is 1. The molecule has 4 nitrogen and oxygen atoms in total. The van der Waals surface area contributed by atoms with Crippen LogP contribution in [0.3, 0.4) is 0 Å². The summed E-state index contributed by atoms with van der Waals surface area (Å²) in [6.07, 6.45) is 2.41. The van der Waals surface area contributed by atoms with Gasteiger partial charge in [-0.25, -0.2) is 15.8 Å². The van der Waals surface area contributed by atoms with Crippen LogP contribution in [-0.2, 0) is 0 Å². The van der Waals surface area contributed by atoms with E-state index in [9.17, 15) is 0 Å². The van der Waals surface area contributed by atoms with Gasteiger partial charge in [0.1, 0.15) is 10.7 Å². The lowest BCUT2D eigenvalue weighted by atomic mass is 10.2. The molecular formula is C11H14N4S. The minimum atomic E-state index is 0.555. The Bertz CT molecular complexity index is 557. The van der Waals surface area contributed by atoms with Crippen molar-refractivity contribution in [3.8, 4) is 0 Å². The summed E-state index contributed by atoms with van der Waals surface area (Å²) in [5.41, 5.74) is 3.93. The minimum absolute atomic E-state index is 0.555. The van der Waals surface area contributed by atoms with Crippen molar-refractivity contribution in [1.82, 2.24) is 9.97 Å². The first-order chi connectivity index (χ1) is 7.70. The molecule has 5 heteroatoms. The molecule has 3 N–H and O–H groups in total. The second-order valence-electron chi connectivity index (χ2n) is 4.31. The van der Waals surface area contributed by atoms with Crippen LogP contribution in [0.2, 0.25) is 0 Å². The molecular weight excluding hydrogens is 220 g/mol. The summed E-state index contributed by atoms with van der Waals surface area (Å²) >= 11 is 1.72. The first kappa shape index (κ1) is 9.99. The molecule has 2 aromatic rings. The molecule has 2 aromatic heterocycles. The van der Waals surface area contributed by atoms with Gasteiger partial charge in [-0.3, -0.25) is 0 Å². The minimum Gasteiger partial charge on any atom is -0.308 e. The summed E-state index contributed by atoms with van der Waals surface area (Å²) in [4.78, 5) is 11.5. The Balaban J connectivity index is 2.29. The van der Waals surface area contributed by atoms with Crippen molar-refractivity contribution >= 4 is 27.4 Å². The molecule has 0 amide bonds. The van der Waals surface area contributed by atoms with E-state index in [1.54, 1.807) is 11.3 Å². The van der Waals surface area contributed by atoms with Crippen LogP contribution in [0.1, 0.15) is 35.0 Å². The summed E-state index contributed by atoms with van der Waals surface area (Å²) < 4.78 is 0. The number of hydrazine groups is 1. The number of thiophene rings is 1. The van der Waals surface area contributed by atoms with Crippen molar-refractivity contribution in [3.63, 3.8) is 0 Å². The SMILES string of the molecule is Cc1sc2nc(C3CC3)nc(NN)c2c1C. The fraction of sp³-hybridized carbons (Fsp3) is 0.455. The van der Waals surface area contributed by atoms with Crippen LogP contribution in [0, 0.1) is 13.8 Å². The van der Waals surface area contributed by atoms with E-state index in [-0.39, 0.29) is 0 Å². The van der Waals surface area contributed by atoms with Crippen molar-refractivity contribution < 1.29 is 0 Å². The molecule has 0 bridgehead atoms. The summed E-state index contributed by atoms with van der Waals surface area (Å²) in [5, 5.41) is 1.08. The summed E-state index contributed by atoms with van der Waals surface area (Å²) in [6.45, 7) is 4.20. The molecule has 0 spiro atoms. The number of hydrogen-bond acceptors (Lipinski definition) is 5. The van der Waals surface area contributed by atoms with Crippen LogP contribution >= 0.6 is 11.3 Å². The van der Waals surface area contributed by atoms with Gasteiger partial charge in [-0.05, 0) is 32.3 Å².